The van der Waals surface area contributed by atoms with Gasteiger partial charge >= 0.3 is 6.09 Å². The first-order chi connectivity index (χ1) is 12.1. The second kappa shape index (κ2) is 7.59. The molecule has 1 heterocycles. The summed E-state index contributed by atoms with van der Waals surface area (Å²) in [5.41, 5.74) is -1.56. The fourth-order valence-electron chi connectivity index (χ4n) is 2.97. The summed E-state index contributed by atoms with van der Waals surface area (Å²) in [6.45, 7) is 6.28. The van der Waals surface area contributed by atoms with E-state index in [-0.39, 0.29) is 31.3 Å². The number of alkyl carbamates (subject to hydrolysis) is 1. The molecule has 0 aliphatic carbocycles. The third-order valence-corrected chi connectivity index (χ3v) is 4.06. The molecular weight excluding hydrogens is 343 g/mol. The van der Waals surface area contributed by atoms with Crippen LogP contribution in [0.3, 0.4) is 0 Å². The van der Waals surface area contributed by atoms with E-state index in [1.54, 1.807) is 20.8 Å². The van der Waals surface area contributed by atoms with Crippen molar-refractivity contribution in [3.8, 4) is 0 Å². The monoisotopic (exact) mass is 368 g/mol. The number of carbonyl (C=O) groups is 2. The van der Waals surface area contributed by atoms with Gasteiger partial charge < -0.3 is 25.2 Å². The third-order valence-electron chi connectivity index (χ3n) is 4.06. The van der Waals surface area contributed by atoms with Crippen molar-refractivity contribution in [2.24, 2.45) is 5.92 Å². The summed E-state index contributed by atoms with van der Waals surface area (Å²) in [5.74, 6) is -1.46. The molecule has 1 aliphatic rings. The molecule has 0 saturated carbocycles. The standard InChI is InChI=1S/C18H25FN2O5/c1-11(23)20-13-5-6-15(19)14(7-13)18(10-25-9-12(18)8-22)21-16(24)26-17(2,3)4/h5-7,12,22H,8-10H2,1-4H3,(H,20,23)(H,21,24). The molecule has 1 aromatic carbocycles. The highest BCUT2D eigenvalue weighted by Crippen LogP contribution is 2.38. The van der Waals surface area contributed by atoms with Gasteiger partial charge in [-0.3, -0.25) is 4.79 Å². The third kappa shape index (κ3) is 4.50. The summed E-state index contributed by atoms with van der Waals surface area (Å²) in [6, 6.07) is 4.06. The number of halogens is 1. The van der Waals surface area contributed by atoms with Gasteiger partial charge in [-0.05, 0) is 39.0 Å². The SMILES string of the molecule is CC(=O)Nc1ccc(F)c(C2(NC(=O)OC(C)(C)C)COCC2CO)c1. The highest BCUT2D eigenvalue weighted by atomic mass is 19.1. The van der Waals surface area contributed by atoms with Gasteiger partial charge in [-0.1, -0.05) is 0 Å². The number of benzene rings is 1. The second-order valence-corrected chi connectivity index (χ2v) is 7.37. The van der Waals surface area contributed by atoms with Gasteiger partial charge in [-0.15, -0.1) is 0 Å². The highest BCUT2D eigenvalue weighted by molar-refractivity contribution is 5.88. The molecule has 0 radical (unpaired) electrons. The average molecular weight is 368 g/mol. The molecule has 2 atom stereocenters. The van der Waals surface area contributed by atoms with Gasteiger partial charge in [-0.25, -0.2) is 9.18 Å². The van der Waals surface area contributed by atoms with Crippen molar-refractivity contribution in [2.45, 2.75) is 38.8 Å². The summed E-state index contributed by atoms with van der Waals surface area (Å²) >= 11 is 0. The lowest BCUT2D eigenvalue weighted by Gasteiger charge is -2.35. The largest absolute Gasteiger partial charge is 0.444 e. The molecule has 0 aromatic heterocycles. The predicted octanol–water partition coefficient (Wildman–Crippen LogP) is 2.14. The van der Waals surface area contributed by atoms with Crippen LogP contribution in [-0.4, -0.2) is 42.5 Å². The summed E-state index contributed by atoms with van der Waals surface area (Å²) in [7, 11) is 0. The number of aliphatic hydroxyl groups excluding tert-OH is 1. The Labute approximate surface area is 151 Å². The molecule has 1 saturated heterocycles. The lowest BCUT2D eigenvalue weighted by atomic mass is 9.80. The number of aliphatic hydroxyl groups is 1. The van der Waals surface area contributed by atoms with Crippen LogP contribution in [-0.2, 0) is 19.8 Å². The highest BCUT2D eigenvalue weighted by Gasteiger charge is 2.48. The second-order valence-electron chi connectivity index (χ2n) is 7.37. The van der Waals surface area contributed by atoms with Crippen LogP contribution in [0.15, 0.2) is 18.2 Å². The lowest BCUT2D eigenvalue weighted by Crippen LogP contribution is -2.53. The van der Waals surface area contributed by atoms with E-state index >= 15 is 0 Å². The number of nitrogens with one attached hydrogen (secondary N) is 2. The molecule has 2 unspecified atom stereocenters. The summed E-state index contributed by atoms with van der Waals surface area (Å²) in [5, 5.41) is 15.0. The first-order valence-corrected chi connectivity index (χ1v) is 8.35. The molecule has 8 heteroatoms. The average Bonchev–Trinajstić information content (AvgIpc) is 2.90. The Bertz CT molecular complexity index is 689. The predicted molar refractivity (Wildman–Crippen MR) is 93.1 cm³/mol. The molecule has 3 N–H and O–H groups in total. The molecule has 2 rings (SSSR count). The number of amides is 2. The van der Waals surface area contributed by atoms with E-state index in [2.05, 4.69) is 10.6 Å². The minimum absolute atomic E-state index is 0.0298. The fourth-order valence-corrected chi connectivity index (χ4v) is 2.97. The van der Waals surface area contributed by atoms with Crippen LogP contribution >= 0.6 is 0 Å². The maximum Gasteiger partial charge on any atom is 0.408 e. The molecule has 0 bridgehead atoms. The van der Waals surface area contributed by atoms with Gasteiger partial charge in [0, 0.05) is 24.1 Å². The Hall–Kier alpha value is -2.19. The van der Waals surface area contributed by atoms with E-state index in [9.17, 15) is 19.1 Å². The lowest BCUT2D eigenvalue weighted by molar-refractivity contribution is -0.114. The van der Waals surface area contributed by atoms with Crippen LogP contribution in [0.4, 0.5) is 14.9 Å². The maximum absolute atomic E-state index is 14.7. The van der Waals surface area contributed by atoms with Crippen molar-refractivity contribution in [3.63, 3.8) is 0 Å². The number of carbonyl (C=O) groups excluding carboxylic acids is 2. The van der Waals surface area contributed by atoms with E-state index in [0.717, 1.165) is 0 Å². The Morgan fingerprint density at radius 2 is 2.12 bits per heavy atom. The van der Waals surface area contributed by atoms with Gasteiger partial charge in [0.2, 0.25) is 5.91 Å². The van der Waals surface area contributed by atoms with Crippen LogP contribution in [0.1, 0.15) is 33.3 Å². The molecule has 7 nitrogen and oxygen atoms in total. The van der Waals surface area contributed by atoms with Crippen molar-refractivity contribution in [1.82, 2.24) is 5.32 Å². The van der Waals surface area contributed by atoms with Gasteiger partial charge in [0.1, 0.15) is 17.0 Å². The first kappa shape index (κ1) is 20.1. The normalized spacial score (nSPS) is 22.8. The molecule has 1 aromatic rings. The van der Waals surface area contributed by atoms with Crippen LogP contribution in [0.25, 0.3) is 0 Å². The van der Waals surface area contributed by atoms with E-state index in [1.165, 1.54) is 25.1 Å². The summed E-state index contributed by atoms with van der Waals surface area (Å²) in [4.78, 5) is 23.7. The Kier molecular flexibility index (Phi) is 5.87. The van der Waals surface area contributed by atoms with E-state index in [1.807, 2.05) is 0 Å². The topological polar surface area (TPSA) is 96.9 Å². The van der Waals surface area contributed by atoms with Crippen molar-refractivity contribution in [3.05, 3.63) is 29.6 Å². The van der Waals surface area contributed by atoms with E-state index < -0.39 is 29.0 Å². The molecule has 0 spiro atoms. The molecule has 1 fully saturated rings. The number of anilines is 1. The van der Waals surface area contributed by atoms with Crippen LogP contribution in [0, 0.1) is 11.7 Å². The van der Waals surface area contributed by atoms with Crippen LogP contribution < -0.4 is 10.6 Å². The van der Waals surface area contributed by atoms with Crippen LogP contribution in [0.2, 0.25) is 0 Å². The van der Waals surface area contributed by atoms with Crippen molar-refractivity contribution in [1.29, 1.82) is 0 Å². The number of hydrogen-bond acceptors (Lipinski definition) is 5. The van der Waals surface area contributed by atoms with Crippen LogP contribution in [0.5, 0.6) is 0 Å². The Morgan fingerprint density at radius 3 is 2.69 bits per heavy atom. The fraction of sp³-hybridized carbons (Fsp3) is 0.556. The Balaban J connectivity index is 2.45. The maximum atomic E-state index is 14.7. The molecule has 1 aliphatic heterocycles. The molecule has 2 amide bonds. The quantitative estimate of drug-likeness (QED) is 0.757. The van der Waals surface area contributed by atoms with Crippen molar-refractivity contribution in [2.75, 3.05) is 25.1 Å². The number of rotatable bonds is 4. The minimum atomic E-state index is -1.31. The zero-order valence-corrected chi connectivity index (χ0v) is 15.4. The molecule has 26 heavy (non-hydrogen) atoms. The van der Waals surface area contributed by atoms with Gasteiger partial charge in [0.25, 0.3) is 0 Å². The van der Waals surface area contributed by atoms with E-state index in [0.29, 0.717) is 5.69 Å². The van der Waals surface area contributed by atoms with Gasteiger partial charge in [0.15, 0.2) is 0 Å². The summed E-state index contributed by atoms with van der Waals surface area (Å²) < 4.78 is 25.4. The first-order valence-electron chi connectivity index (χ1n) is 8.35. The smallest absolute Gasteiger partial charge is 0.408 e. The minimum Gasteiger partial charge on any atom is -0.444 e. The van der Waals surface area contributed by atoms with E-state index in [4.69, 9.17) is 9.47 Å². The number of ether oxygens (including phenoxy) is 2. The van der Waals surface area contributed by atoms with Crippen molar-refractivity contribution >= 4 is 17.7 Å². The number of hydrogen-bond donors (Lipinski definition) is 3. The molecular formula is C18H25FN2O5. The summed E-state index contributed by atoms with van der Waals surface area (Å²) in [6.07, 6.45) is -0.745. The zero-order chi connectivity index (χ0) is 19.5. The molecule has 144 valence electrons. The Morgan fingerprint density at radius 1 is 1.42 bits per heavy atom. The van der Waals surface area contributed by atoms with Gasteiger partial charge in [0.05, 0.1) is 19.8 Å². The van der Waals surface area contributed by atoms with Gasteiger partial charge in [-0.2, -0.15) is 0 Å². The van der Waals surface area contributed by atoms with Crippen molar-refractivity contribution < 1.29 is 28.6 Å². The zero-order valence-electron chi connectivity index (χ0n) is 15.4.